The lowest BCUT2D eigenvalue weighted by Crippen LogP contribution is -2.25. The van der Waals surface area contributed by atoms with Gasteiger partial charge in [0.05, 0.1) is 26.6 Å². The normalized spacial score (nSPS) is 11.5. The van der Waals surface area contributed by atoms with E-state index in [-0.39, 0.29) is 5.91 Å². The summed E-state index contributed by atoms with van der Waals surface area (Å²) in [6.45, 7) is 2.04. The van der Waals surface area contributed by atoms with Crippen LogP contribution in [0.3, 0.4) is 0 Å². The second kappa shape index (κ2) is 7.78. The molecule has 0 radical (unpaired) electrons. The molecule has 0 fully saturated rings. The Labute approximate surface area is 181 Å². The number of para-hydroxylation sites is 1. The predicted octanol–water partition coefficient (Wildman–Crippen LogP) is 5.90. The number of thiazole rings is 2. The summed E-state index contributed by atoms with van der Waals surface area (Å²) in [4.78, 5) is 22.6. The Morgan fingerprint density at radius 2 is 1.67 bits per heavy atom. The van der Waals surface area contributed by atoms with Crippen LogP contribution in [0.15, 0.2) is 77.9 Å². The van der Waals surface area contributed by atoms with Gasteiger partial charge in [0.2, 0.25) is 5.13 Å². The monoisotopic (exact) mass is 428 g/mol. The molecule has 0 unspecified atom stereocenters. The second-order valence-electron chi connectivity index (χ2n) is 6.73. The molecule has 5 aromatic rings. The molecule has 3 aromatic carbocycles. The number of hydrogen-bond acceptors (Lipinski definition) is 6. The van der Waals surface area contributed by atoms with E-state index in [9.17, 15) is 4.79 Å². The van der Waals surface area contributed by atoms with Gasteiger partial charge in [0.15, 0.2) is 5.01 Å². The van der Waals surface area contributed by atoms with Gasteiger partial charge in [-0.1, -0.05) is 59.9 Å². The Balaban J connectivity index is 1.59. The van der Waals surface area contributed by atoms with E-state index in [1.807, 2.05) is 73.7 Å². The van der Waals surface area contributed by atoms with Crippen LogP contribution in [0, 0.1) is 6.92 Å². The summed E-state index contributed by atoms with van der Waals surface area (Å²) in [5.41, 5.74) is 3.70. The summed E-state index contributed by atoms with van der Waals surface area (Å²) in [6.07, 6.45) is 1.67. The van der Waals surface area contributed by atoms with Crippen molar-refractivity contribution < 1.29 is 4.79 Å². The molecular weight excluding hydrogens is 412 g/mol. The maximum atomic E-state index is 13.4. The lowest BCUT2D eigenvalue weighted by atomic mass is 10.2. The number of aromatic nitrogens is 2. The van der Waals surface area contributed by atoms with Crippen molar-refractivity contribution in [3.8, 4) is 0 Å². The van der Waals surface area contributed by atoms with Crippen molar-refractivity contribution in [2.24, 2.45) is 5.10 Å². The number of fused-ring (bicyclic) bond motifs is 2. The van der Waals surface area contributed by atoms with Gasteiger partial charge in [0, 0.05) is 0 Å². The lowest BCUT2D eigenvalue weighted by Gasteiger charge is -2.11. The van der Waals surface area contributed by atoms with E-state index >= 15 is 0 Å². The summed E-state index contributed by atoms with van der Waals surface area (Å²) in [7, 11) is 0. The van der Waals surface area contributed by atoms with E-state index in [1.165, 1.54) is 27.7 Å². The molecule has 5 nitrogen and oxygen atoms in total. The number of carbonyl (C=O) groups excluding carboxylic acids is 1. The van der Waals surface area contributed by atoms with Crippen molar-refractivity contribution in [2.75, 3.05) is 5.01 Å². The van der Waals surface area contributed by atoms with Crippen LogP contribution in [0.4, 0.5) is 5.13 Å². The molecule has 5 rings (SSSR count). The molecule has 0 bridgehead atoms. The predicted molar refractivity (Wildman–Crippen MR) is 125 cm³/mol. The molecule has 30 heavy (non-hydrogen) atoms. The Morgan fingerprint density at radius 3 is 2.50 bits per heavy atom. The number of rotatable bonds is 4. The minimum Gasteiger partial charge on any atom is -0.264 e. The van der Waals surface area contributed by atoms with E-state index in [2.05, 4.69) is 21.1 Å². The Bertz CT molecular complexity index is 1360. The highest BCUT2D eigenvalue weighted by Gasteiger charge is 2.24. The van der Waals surface area contributed by atoms with Crippen LogP contribution >= 0.6 is 22.7 Å². The first-order valence-electron chi connectivity index (χ1n) is 9.34. The summed E-state index contributed by atoms with van der Waals surface area (Å²) >= 11 is 2.80. The third kappa shape index (κ3) is 3.60. The van der Waals surface area contributed by atoms with Crippen molar-refractivity contribution in [1.82, 2.24) is 9.97 Å². The lowest BCUT2D eigenvalue weighted by molar-refractivity contribution is 0.0987. The number of carbonyl (C=O) groups is 1. The quantitative estimate of drug-likeness (QED) is 0.265. The molecule has 2 heterocycles. The third-order valence-corrected chi connectivity index (χ3v) is 6.52. The Morgan fingerprint density at radius 1 is 0.900 bits per heavy atom. The fraction of sp³-hybridized carbons (Fsp3) is 0.0435. The standard InChI is InChI=1S/C23H16N4OS2/c1-15-11-12-18-20(13-15)30-23(26-18)27(24-14-16-7-3-2-4-8-16)22(28)21-25-17-9-5-6-10-19(17)29-21/h2-14H,1H3/b24-14+. The number of aryl methyl sites for hydroxylation is 1. The second-order valence-corrected chi connectivity index (χ2v) is 8.77. The number of amides is 1. The summed E-state index contributed by atoms with van der Waals surface area (Å²) in [6, 6.07) is 23.4. The molecular formula is C23H16N4OS2. The van der Waals surface area contributed by atoms with Crippen LogP contribution < -0.4 is 5.01 Å². The average Bonchev–Trinajstić information content (AvgIpc) is 3.38. The van der Waals surface area contributed by atoms with E-state index in [1.54, 1.807) is 6.21 Å². The minimum absolute atomic E-state index is 0.292. The van der Waals surface area contributed by atoms with Gasteiger partial charge in [0.25, 0.3) is 0 Å². The zero-order valence-corrected chi connectivity index (χ0v) is 17.7. The molecule has 0 saturated carbocycles. The molecule has 0 aliphatic carbocycles. The van der Waals surface area contributed by atoms with E-state index in [0.29, 0.717) is 10.1 Å². The molecule has 0 aliphatic rings. The molecule has 0 spiro atoms. The van der Waals surface area contributed by atoms with Crippen molar-refractivity contribution in [2.45, 2.75) is 6.92 Å². The van der Waals surface area contributed by atoms with Crippen molar-refractivity contribution in [3.63, 3.8) is 0 Å². The highest BCUT2D eigenvalue weighted by atomic mass is 32.1. The van der Waals surface area contributed by atoms with E-state index < -0.39 is 0 Å². The summed E-state index contributed by atoms with van der Waals surface area (Å²) in [5.74, 6) is -0.292. The van der Waals surface area contributed by atoms with Gasteiger partial charge in [-0.3, -0.25) is 4.79 Å². The first kappa shape index (κ1) is 18.6. The summed E-state index contributed by atoms with van der Waals surface area (Å²) < 4.78 is 1.98. The Hall–Kier alpha value is -3.42. The molecule has 7 heteroatoms. The highest BCUT2D eigenvalue weighted by Crippen LogP contribution is 2.32. The van der Waals surface area contributed by atoms with Gasteiger partial charge in [-0.2, -0.15) is 10.1 Å². The number of hydrazone groups is 1. The fourth-order valence-electron chi connectivity index (χ4n) is 3.02. The van der Waals surface area contributed by atoms with Crippen molar-refractivity contribution in [1.29, 1.82) is 0 Å². The summed E-state index contributed by atoms with van der Waals surface area (Å²) in [5, 5.41) is 6.76. The molecule has 1 amide bonds. The number of hydrogen-bond donors (Lipinski definition) is 0. The maximum absolute atomic E-state index is 13.4. The van der Waals surface area contributed by atoms with Crippen LogP contribution in [0.25, 0.3) is 20.4 Å². The molecule has 0 saturated heterocycles. The van der Waals surface area contributed by atoms with Gasteiger partial charge < -0.3 is 0 Å². The van der Waals surface area contributed by atoms with Gasteiger partial charge in [-0.25, -0.2) is 9.97 Å². The topological polar surface area (TPSA) is 58.5 Å². The van der Waals surface area contributed by atoms with Crippen LogP contribution in [0.5, 0.6) is 0 Å². The smallest absolute Gasteiger partial charge is 0.264 e. The molecule has 0 aliphatic heterocycles. The van der Waals surface area contributed by atoms with Crippen LogP contribution in [0.2, 0.25) is 0 Å². The van der Waals surface area contributed by atoms with Crippen LogP contribution in [0.1, 0.15) is 20.9 Å². The number of nitrogens with zero attached hydrogens (tertiary/aromatic N) is 4. The molecule has 2 aromatic heterocycles. The first-order valence-corrected chi connectivity index (χ1v) is 11.0. The highest BCUT2D eigenvalue weighted by molar-refractivity contribution is 7.22. The first-order chi connectivity index (χ1) is 14.7. The number of anilines is 1. The van der Waals surface area contributed by atoms with Gasteiger partial charge in [-0.15, -0.1) is 11.3 Å². The van der Waals surface area contributed by atoms with Gasteiger partial charge in [-0.05, 0) is 42.3 Å². The largest absolute Gasteiger partial charge is 0.309 e. The van der Waals surface area contributed by atoms with Crippen LogP contribution in [-0.4, -0.2) is 22.1 Å². The SMILES string of the molecule is Cc1ccc2nc(N(/N=C/c3ccccc3)C(=O)c3nc4ccccc4s3)sc2c1. The van der Waals surface area contributed by atoms with Crippen molar-refractivity contribution >= 4 is 60.4 Å². The molecule has 146 valence electrons. The Kier molecular flexibility index (Phi) is 4.82. The zero-order chi connectivity index (χ0) is 20.5. The minimum atomic E-state index is -0.292. The third-order valence-electron chi connectivity index (χ3n) is 4.50. The van der Waals surface area contributed by atoms with Gasteiger partial charge >= 0.3 is 5.91 Å². The molecule has 0 atom stereocenters. The average molecular weight is 429 g/mol. The molecule has 0 N–H and O–H groups in total. The zero-order valence-electron chi connectivity index (χ0n) is 16.0. The maximum Gasteiger partial charge on any atom is 0.309 e. The number of benzene rings is 3. The fourth-order valence-corrected chi connectivity index (χ4v) is 4.93. The van der Waals surface area contributed by atoms with Crippen LogP contribution in [-0.2, 0) is 0 Å². The van der Waals surface area contributed by atoms with Gasteiger partial charge in [0.1, 0.15) is 0 Å². The van der Waals surface area contributed by atoms with E-state index in [4.69, 9.17) is 0 Å². The van der Waals surface area contributed by atoms with Crippen molar-refractivity contribution in [3.05, 3.63) is 88.9 Å². The van der Waals surface area contributed by atoms with E-state index in [0.717, 1.165) is 31.6 Å².